The van der Waals surface area contributed by atoms with Gasteiger partial charge in [-0.25, -0.2) is 9.97 Å². The van der Waals surface area contributed by atoms with E-state index in [1.807, 2.05) is 85.3 Å². The maximum atomic E-state index is 12.9. The van der Waals surface area contributed by atoms with Crippen molar-refractivity contribution in [2.45, 2.75) is 13.5 Å². The lowest BCUT2D eigenvalue weighted by molar-refractivity contribution is 0.0785. The number of benzene rings is 2. The SMILES string of the molecule is Cc1nc2cccnc2n1-c1cccc(C(=O)N(C)Cc2ccccc2)c1. The van der Waals surface area contributed by atoms with E-state index in [0.717, 1.165) is 28.2 Å². The molecule has 0 fully saturated rings. The number of carbonyl (C=O) groups excluding carboxylic acids is 1. The molecule has 1 amide bonds. The van der Waals surface area contributed by atoms with E-state index in [-0.39, 0.29) is 5.91 Å². The van der Waals surface area contributed by atoms with Crippen LogP contribution in [0.3, 0.4) is 0 Å². The minimum Gasteiger partial charge on any atom is -0.337 e. The summed E-state index contributed by atoms with van der Waals surface area (Å²) in [5, 5.41) is 0. The Hall–Kier alpha value is -3.47. The summed E-state index contributed by atoms with van der Waals surface area (Å²) in [6.07, 6.45) is 1.75. The number of pyridine rings is 1. The van der Waals surface area contributed by atoms with Gasteiger partial charge in [0.2, 0.25) is 0 Å². The highest BCUT2D eigenvalue weighted by atomic mass is 16.2. The molecule has 0 aliphatic heterocycles. The number of imidazole rings is 1. The quantitative estimate of drug-likeness (QED) is 0.555. The second kappa shape index (κ2) is 7.03. The zero-order chi connectivity index (χ0) is 18.8. The number of rotatable bonds is 4. The van der Waals surface area contributed by atoms with Crippen LogP contribution in [0.4, 0.5) is 0 Å². The van der Waals surface area contributed by atoms with Crippen LogP contribution < -0.4 is 0 Å². The van der Waals surface area contributed by atoms with Gasteiger partial charge in [-0.2, -0.15) is 0 Å². The number of aromatic nitrogens is 3. The molecule has 0 aliphatic carbocycles. The molecule has 0 radical (unpaired) electrons. The second-order valence-electron chi connectivity index (χ2n) is 6.54. The summed E-state index contributed by atoms with van der Waals surface area (Å²) >= 11 is 0. The van der Waals surface area contributed by atoms with Crippen molar-refractivity contribution in [2.24, 2.45) is 0 Å². The lowest BCUT2D eigenvalue weighted by Crippen LogP contribution is -2.26. The van der Waals surface area contributed by atoms with Crippen LogP contribution in [0.2, 0.25) is 0 Å². The minimum atomic E-state index is -0.0178. The highest BCUT2D eigenvalue weighted by molar-refractivity contribution is 5.94. The summed E-state index contributed by atoms with van der Waals surface area (Å²) < 4.78 is 1.98. The van der Waals surface area contributed by atoms with Crippen molar-refractivity contribution in [1.29, 1.82) is 0 Å². The number of fused-ring (bicyclic) bond motifs is 1. The predicted octanol–water partition coefficient (Wildman–Crippen LogP) is 4.00. The molecule has 0 bridgehead atoms. The average Bonchev–Trinajstić information content (AvgIpc) is 3.04. The van der Waals surface area contributed by atoms with Crippen LogP contribution in [0.1, 0.15) is 21.7 Å². The molecule has 134 valence electrons. The topological polar surface area (TPSA) is 51.0 Å². The van der Waals surface area contributed by atoms with Crippen LogP contribution in [0.25, 0.3) is 16.9 Å². The van der Waals surface area contributed by atoms with Crippen LogP contribution in [-0.4, -0.2) is 32.4 Å². The van der Waals surface area contributed by atoms with E-state index >= 15 is 0 Å². The molecule has 0 saturated carbocycles. The molecule has 4 aromatic rings. The van der Waals surface area contributed by atoms with Crippen molar-refractivity contribution < 1.29 is 4.79 Å². The van der Waals surface area contributed by atoms with Crippen molar-refractivity contribution in [2.75, 3.05) is 7.05 Å². The van der Waals surface area contributed by atoms with E-state index in [9.17, 15) is 4.79 Å². The van der Waals surface area contributed by atoms with E-state index in [1.165, 1.54) is 0 Å². The van der Waals surface area contributed by atoms with Crippen molar-refractivity contribution >= 4 is 17.1 Å². The maximum absolute atomic E-state index is 12.9. The molecule has 2 heterocycles. The zero-order valence-corrected chi connectivity index (χ0v) is 15.3. The molecule has 2 aromatic carbocycles. The van der Waals surface area contributed by atoms with Crippen molar-refractivity contribution in [1.82, 2.24) is 19.4 Å². The van der Waals surface area contributed by atoms with Gasteiger partial charge < -0.3 is 4.90 Å². The predicted molar refractivity (Wildman–Crippen MR) is 106 cm³/mol. The minimum absolute atomic E-state index is 0.0178. The van der Waals surface area contributed by atoms with Gasteiger partial charge in [-0.1, -0.05) is 36.4 Å². The number of amides is 1. The van der Waals surface area contributed by atoms with Gasteiger partial charge in [-0.15, -0.1) is 0 Å². The summed E-state index contributed by atoms with van der Waals surface area (Å²) in [4.78, 5) is 23.6. The monoisotopic (exact) mass is 356 g/mol. The zero-order valence-electron chi connectivity index (χ0n) is 15.3. The Bertz CT molecular complexity index is 1100. The van der Waals surface area contributed by atoms with Crippen molar-refractivity contribution in [3.8, 4) is 5.69 Å². The van der Waals surface area contributed by atoms with Crippen LogP contribution in [0, 0.1) is 6.92 Å². The molecular formula is C22H20N4O. The van der Waals surface area contributed by atoms with Crippen molar-refractivity contribution in [3.63, 3.8) is 0 Å². The summed E-state index contributed by atoms with van der Waals surface area (Å²) in [5.41, 5.74) is 4.26. The van der Waals surface area contributed by atoms with Crippen LogP contribution in [0.5, 0.6) is 0 Å². The molecule has 0 spiro atoms. The Balaban J connectivity index is 1.66. The highest BCUT2D eigenvalue weighted by Crippen LogP contribution is 2.21. The first-order valence-corrected chi connectivity index (χ1v) is 8.83. The van der Waals surface area contributed by atoms with Gasteiger partial charge in [-0.3, -0.25) is 9.36 Å². The van der Waals surface area contributed by atoms with Crippen molar-refractivity contribution in [3.05, 3.63) is 89.9 Å². The van der Waals surface area contributed by atoms with E-state index < -0.39 is 0 Å². The number of carbonyl (C=O) groups is 1. The van der Waals surface area contributed by atoms with E-state index in [2.05, 4.69) is 9.97 Å². The fourth-order valence-corrected chi connectivity index (χ4v) is 3.26. The van der Waals surface area contributed by atoms with E-state index in [0.29, 0.717) is 12.1 Å². The Kier molecular flexibility index (Phi) is 4.42. The largest absolute Gasteiger partial charge is 0.337 e. The lowest BCUT2D eigenvalue weighted by Gasteiger charge is -2.18. The van der Waals surface area contributed by atoms with E-state index in [1.54, 1.807) is 11.1 Å². The van der Waals surface area contributed by atoms with E-state index in [4.69, 9.17) is 0 Å². The number of hydrogen-bond acceptors (Lipinski definition) is 3. The molecule has 2 aromatic heterocycles. The summed E-state index contributed by atoms with van der Waals surface area (Å²) in [7, 11) is 1.82. The third kappa shape index (κ3) is 3.31. The first-order valence-electron chi connectivity index (χ1n) is 8.83. The van der Waals surface area contributed by atoms with Gasteiger partial charge in [-0.05, 0) is 42.8 Å². The lowest BCUT2D eigenvalue weighted by atomic mass is 10.1. The molecule has 0 atom stereocenters. The normalized spacial score (nSPS) is 10.9. The Morgan fingerprint density at radius 3 is 2.67 bits per heavy atom. The fraction of sp³-hybridized carbons (Fsp3) is 0.136. The van der Waals surface area contributed by atoms with Gasteiger partial charge in [0.05, 0.1) is 0 Å². The maximum Gasteiger partial charge on any atom is 0.253 e. The van der Waals surface area contributed by atoms with Crippen LogP contribution >= 0.6 is 0 Å². The first-order chi connectivity index (χ1) is 13.1. The fourth-order valence-electron chi connectivity index (χ4n) is 3.26. The van der Waals surface area contributed by atoms with Gasteiger partial charge in [0.25, 0.3) is 5.91 Å². The van der Waals surface area contributed by atoms with Gasteiger partial charge in [0.15, 0.2) is 5.65 Å². The van der Waals surface area contributed by atoms with Gasteiger partial charge in [0, 0.05) is 31.0 Å². The van der Waals surface area contributed by atoms with Crippen LogP contribution in [-0.2, 0) is 6.54 Å². The number of nitrogens with zero attached hydrogens (tertiary/aromatic N) is 4. The summed E-state index contributed by atoms with van der Waals surface area (Å²) in [6.45, 7) is 2.51. The van der Waals surface area contributed by atoms with Gasteiger partial charge in [0.1, 0.15) is 11.3 Å². The molecule has 0 saturated heterocycles. The standard InChI is InChI=1S/C22H20N4O/c1-16-24-20-12-7-13-23-21(20)26(16)19-11-6-10-18(14-19)22(27)25(2)15-17-8-4-3-5-9-17/h3-14H,15H2,1-2H3. The molecule has 5 heteroatoms. The molecule has 27 heavy (non-hydrogen) atoms. The first kappa shape index (κ1) is 17.0. The molecule has 5 nitrogen and oxygen atoms in total. The Morgan fingerprint density at radius 1 is 1.04 bits per heavy atom. The Labute approximate surface area is 157 Å². The molecule has 0 aliphatic rings. The summed E-state index contributed by atoms with van der Waals surface area (Å²) in [5.74, 6) is 0.821. The third-order valence-electron chi connectivity index (χ3n) is 4.54. The third-order valence-corrected chi connectivity index (χ3v) is 4.54. The molecule has 4 rings (SSSR count). The molecule has 0 unspecified atom stereocenters. The summed E-state index contributed by atoms with van der Waals surface area (Å²) in [6, 6.07) is 21.4. The average molecular weight is 356 g/mol. The van der Waals surface area contributed by atoms with Crippen LogP contribution in [0.15, 0.2) is 72.9 Å². The highest BCUT2D eigenvalue weighted by Gasteiger charge is 2.15. The second-order valence-corrected chi connectivity index (χ2v) is 6.54. The number of hydrogen-bond donors (Lipinski definition) is 0. The molecule has 0 N–H and O–H groups in total. The van der Waals surface area contributed by atoms with Gasteiger partial charge >= 0.3 is 0 Å². The Morgan fingerprint density at radius 2 is 1.85 bits per heavy atom. The molecular weight excluding hydrogens is 336 g/mol. The smallest absolute Gasteiger partial charge is 0.253 e. The number of aryl methyl sites for hydroxylation is 1.